The van der Waals surface area contributed by atoms with Crippen molar-refractivity contribution in [2.45, 2.75) is 22.8 Å². The van der Waals surface area contributed by atoms with Crippen molar-refractivity contribution in [3.63, 3.8) is 0 Å². The molecule has 0 fully saturated rings. The Hall–Kier alpha value is 0.0300. The van der Waals surface area contributed by atoms with Gasteiger partial charge in [-0.05, 0) is 13.8 Å². The molecular formula is C5H7Cl4N3O2. The van der Waals surface area contributed by atoms with E-state index in [-0.39, 0.29) is 5.01 Å². The van der Waals surface area contributed by atoms with Gasteiger partial charge in [-0.15, -0.1) is 9.92 Å². The number of hydrogen-bond acceptors (Lipinski definition) is 3. The van der Waals surface area contributed by atoms with Crippen molar-refractivity contribution in [1.82, 2.24) is 10.3 Å². The fourth-order valence-electron chi connectivity index (χ4n) is 0.528. The first kappa shape index (κ1) is 14.0. The first-order valence-electron chi connectivity index (χ1n) is 3.29. The van der Waals surface area contributed by atoms with Crippen molar-refractivity contribution < 1.29 is 4.79 Å². The van der Waals surface area contributed by atoms with Gasteiger partial charge in [0.2, 0.25) is 4.46 Å². The third-order valence-electron chi connectivity index (χ3n) is 0.972. The maximum Gasteiger partial charge on any atom is 0.345 e. The van der Waals surface area contributed by atoms with Crippen LogP contribution in [-0.2, 0) is 0 Å². The third kappa shape index (κ3) is 5.05. The molecule has 0 saturated heterocycles. The van der Waals surface area contributed by atoms with Gasteiger partial charge in [0, 0.05) is 0 Å². The number of hydrogen-bond donors (Lipinski definition) is 1. The second-order valence-corrected chi connectivity index (χ2v) is 5.92. The highest BCUT2D eigenvalue weighted by Gasteiger charge is 2.35. The molecular weight excluding hydrogens is 276 g/mol. The van der Waals surface area contributed by atoms with Gasteiger partial charge in [-0.2, -0.15) is 0 Å². The lowest BCUT2D eigenvalue weighted by molar-refractivity contribution is 0.187. The standard InChI is InChI=1S/C5H7Cl4N3O2/c1-4(6,7)10-3(13)12(11-14)5(2,8)9/h1-2H3,(H,10,13). The summed E-state index contributed by atoms with van der Waals surface area (Å²) in [4.78, 5) is 21.5. The van der Waals surface area contributed by atoms with Crippen LogP contribution in [0.15, 0.2) is 5.29 Å². The van der Waals surface area contributed by atoms with Crippen LogP contribution >= 0.6 is 46.4 Å². The summed E-state index contributed by atoms with van der Waals surface area (Å²) in [5, 5.41) is 4.63. The lowest BCUT2D eigenvalue weighted by atomic mass is 10.6. The van der Waals surface area contributed by atoms with Gasteiger partial charge in [-0.1, -0.05) is 46.4 Å². The zero-order chi connectivity index (χ0) is 11.6. The topological polar surface area (TPSA) is 61.8 Å². The molecule has 0 aromatic rings. The third-order valence-corrected chi connectivity index (χ3v) is 1.48. The number of nitrogens with one attached hydrogen (secondary N) is 1. The van der Waals surface area contributed by atoms with E-state index in [0.29, 0.717) is 0 Å². The van der Waals surface area contributed by atoms with Crippen LogP contribution in [0.2, 0.25) is 0 Å². The van der Waals surface area contributed by atoms with Crippen LogP contribution in [0.1, 0.15) is 13.8 Å². The molecule has 0 atom stereocenters. The maximum atomic E-state index is 11.2. The molecule has 2 amide bonds. The highest BCUT2D eigenvalue weighted by molar-refractivity contribution is 6.49. The molecule has 0 bridgehead atoms. The van der Waals surface area contributed by atoms with Crippen LogP contribution in [0.3, 0.4) is 0 Å². The first-order chi connectivity index (χ1) is 6.08. The zero-order valence-electron chi connectivity index (χ0n) is 7.22. The SMILES string of the molecule is CC(Cl)(Cl)NC(=O)N(N=O)C(C)(Cl)Cl. The van der Waals surface area contributed by atoms with E-state index in [1.807, 2.05) is 5.32 Å². The summed E-state index contributed by atoms with van der Waals surface area (Å²) in [6.07, 6.45) is 0. The Kier molecular flexibility index (Phi) is 4.71. The van der Waals surface area contributed by atoms with Crippen LogP contribution in [0.5, 0.6) is 0 Å². The van der Waals surface area contributed by atoms with E-state index >= 15 is 0 Å². The van der Waals surface area contributed by atoms with Crippen LogP contribution in [0, 0.1) is 4.91 Å². The van der Waals surface area contributed by atoms with E-state index in [9.17, 15) is 9.70 Å². The van der Waals surface area contributed by atoms with Crippen molar-refractivity contribution in [2.24, 2.45) is 5.29 Å². The van der Waals surface area contributed by atoms with Gasteiger partial charge in [0.25, 0.3) is 0 Å². The van der Waals surface area contributed by atoms with Gasteiger partial charge < -0.3 is 5.32 Å². The summed E-state index contributed by atoms with van der Waals surface area (Å²) in [5.41, 5.74) is 0. The minimum absolute atomic E-state index is 0.263. The normalized spacial score (nSPS) is 12.1. The molecule has 0 aliphatic heterocycles. The average Bonchev–Trinajstić information content (AvgIpc) is 1.79. The van der Waals surface area contributed by atoms with E-state index in [2.05, 4.69) is 5.29 Å². The van der Waals surface area contributed by atoms with Crippen molar-refractivity contribution >= 4 is 52.4 Å². The minimum atomic E-state index is -1.77. The molecule has 5 nitrogen and oxygen atoms in total. The Labute approximate surface area is 101 Å². The quantitative estimate of drug-likeness (QED) is 0.374. The minimum Gasteiger partial charge on any atom is -0.305 e. The highest BCUT2D eigenvalue weighted by Crippen LogP contribution is 2.26. The molecule has 0 aliphatic carbocycles. The molecule has 0 aromatic carbocycles. The summed E-state index contributed by atoms with van der Waals surface area (Å²) in [6.45, 7) is 2.48. The van der Waals surface area contributed by atoms with Gasteiger partial charge in [0.15, 0.2) is 4.46 Å². The van der Waals surface area contributed by atoms with Crippen LogP contribution in [0.25, 0.3) is 0 Å². The Morgan fingerprint density at radius 1 is 1.29 bits per heavy atom. The summed E-state index contributed by atoms with van der Waals surface area (Å²) in [5.74, 6) is 0. The molecule has 9 heteroatoms. The van der Waals surface area contributed by atoms with Crippen LogP contribution in [0.4, 0.5) is 4.79 Å². The Balaban J connectivity index is 4.58. The number of nitrogens with zero attached hydrogens (tertiary/aromatic N) is 2. The second kappa shape index (κ2) is 4.70. The molecule has 82 valence electrons. The molecule has 0 spiro atoms. The lowest BCUT2D eigenvalue weighted by Crippen LogP contribution is -2.48. The number of amides is 2. The van der Waals surface area contributed by atoms with Gasteiger partial charge in [-0.3, -0.25) is 0 Å². The van der Waals surface area contributed by atoms with E-state index in [1.165, 1.54) is 13.8 Å². The molecule has 14 heavy (non-hydrogen) atoms. The molecule has 0 heterocycles. The smallest absolute Gasteiger partial charge is 0.305 e. The van der Waals surface area contributed by atoms with E-state index in [1.54, 1.807) is 0 Å². The molecule has 1 N–H and O–H groups in total. The number of carbonyl (C=O) groups excluding carboxylic acids is 1. The average molecular weight is 283 g/mol. The summed E-state index contributed by atoms with van der Waals surface area (Å²) in [6, 6.07) is -1.000. The van der Waals surface area contributed by atoms with E-state index in [0.717, 1.165) is 0 Å². The predicted octanol–water partition coefficient (Wildman–Crippen LogP) is 2.98. The van der Waals surface area contributed by atoms with Crippen LogP contribution in [-0.4, -0.2) is 20.0 Å². The van der Waals surface area contributed by atoms with Gasteiger partial charge in [0.1, 0.15) is 0 Å². The Bertz CT molecular complexity index is 234. The number of carbonyl (C=O) groups is 1. The Morgan fingerprint density at radius 3 is 1.93 bits per heavy atom. The van der Waals surface area contributed by atoms with Crippen molar-refractivity contribution in [3.8, 4) is 0 Å². The molecule has 0 radical (unpaired) electrons. The van der Waals surface area contributed by atoms with E-state index < -0.39 is 14.9 Å². The summed E-state index contributed by atoms with van der Waals surface area (Å²) in [7, 11) is 0. The van der Waals surface area contributed by atoms with E-state index in [4.69, 9.17) is 46.4 Å². The highest BCUT2D eigenvalue weighted by atomic mass is 35.5. The number of rotatable bonds is 3. The molecule has 0 saturated carbocycles. The van der Waals surface area contributed by atoms with Crippen LogP contribution < -0.4 is 5.32 Å². The largest absolute Gasteiger partial charge is 0.345 e. The molecule has 0 aromatic heterocycles. The summed E-state index contributed by atoms with van der Waals surface area (Å²) < 4.78 is -3.32. The first-order valence-corrected chi connectivity index (χ1v) is 4.80. The number of alkyl halides is 4. The number of urea groups is 1. The molecule has 0 aliphatic rings. The monoisotopic (exact) mass is 281 g/mol. The fourth-order valence-corrected chi connectivity index (χ4v) is 0.905. The fraction of sp³-hybridized carbons (Fsp3) is 0.800. The second-order valence-electron chi connectivity index (χ2n) is 2.55. The Morgan fingerprint density at radius 2 is 1.71 bits per heavy atom. The van der Waals surface area contributed by atoms with Crippen molar-refractivity contribution in [1.29, 1.82) is 0 Å². The van der Waals surface area contributed by atoms with Crippen molar-refractivity contribution in [3.05, 3.63) is 4.91 Å². The van der Waals surface area contributed by atoms with Gasteiger partial charge in [-0.25, -0.2) is 4.79 Å². The predicted molar refractivity (Wildman–Crippen MR) is 56.4 cm³/mol. The molecule has 0 unspecified atom stereocenters. The van der Waals surface area contributed by atoms with Crippen molar-refractivity contribution in [2.75, 3.05) is 0 Å². The number of nitroso groups, excluding NO2 is 1. The number of halogens is 4. The lowest BCUT2D eigenvalue weighted by Gasteiger charge is -2.25. The maximum absolute atomic E-state index is 11.2. The molecule has 0 rings (SSSR count). The zero-order valence-corrected chi connectivity index (χ0v) is 10.2. The van der Waals surface area contributed by atoms with Gasteiger partial charge in [0.05, 0.1) is 5.29 Å². The summed E-state index contributed by atoms with van der Waals surface area (Å²) >= 11 is 21.9. The van der Waals surface area contributed by atoms with Gasteiger partial charge >= 0.3 is 6.03 Å².